The number of hydrogen-bond donors (Lipinski definition) is 1. The van der Waals surface area contributed by atoms with E-state index >= 15 is 0 Å². The Morgan fingerprint density at radius 1 is 1.25 bits per heavy atom. The molecule has 1 N–H and O–H groups in total. The molecule has 0 aliphatic carbocycles. The number of H-pyrrole nitrogens is 1. The summed E-state index contributed by atoms with van der Waals surface area (Å²) in [4.78, 5) is 7.52. The van der Waals surface area contributed by atoms with E-state index in [1.54, 1.807) is 22.6 Å². The lowest BCUT2D eigenvalue weighted by molar-refractivity contribution is 0.321. The number of nitrogens with zero attached hydrogens (tertiary/aromatic N) is 2. The van der Waals surface area contributed by atoms with Crippen molar-refractivity contribution < 1.29 is 8.42 Å². The average molecular weight is 382 g/mol. The largest absolute Gasteiger partial charge is 0.346 e. The summed E-state index contributed by atoms with van der Waals surface area (Å²) in [6.07, 6.45) is 5.38. The van der Waals surface area contributed by atoms with E-state index in [1.165, 1.54) is 5.56 Å². The van der Waals surface area contributed by atoms with Gasteiger partial charge >= 0.3 is 0 Å². The van der Waals surface area contributed by atoms with Gasteiger partial charge in [0.25, 0.3) is 10.0 Å². The molecule has 3 aromatic heterocycles. The predicted molar refractivity (Wildman–Crippen MR) is 96.2 cm³/mol. The Hall–Kier alpha value is -1.41. The van der Waals surface area contributed by atoms with Crippen LogP contribution in [0.2, 0.25) is 4.34 Å². The topological polar surface area (TPSA) is 66.1 Å². The number of fused-ring (bicyclic) bond motifs is 1. The summed E-state index contributed by atoms with van der Waals surface area (Å²) in [6.45, 7) is 1.05. The zero-order valence-electron chi connectivity index (χ0n) is 12.8. The maximum absolute atomic E-state index is 12.7. The fourth-order valence-electron chi connectivity index (χ4n) is 3.29. The molecule has 1 aliphatic heterocycles. The fourth-order valence-corrected chi connectivity index (χ4v) is 6.39. The molecule has 1 fully saturated rings. The van der Waals surface area contributed by atoms with Gasteiger partial charge in [0.2, 0.25) is 0 Å². The average Bonchev–Trinajstić information content (AvgIpc) is 3.21. The van der Waals surface area contributed by atoms with Crippen molar-refractivity contribution in [3.63, 3.8) is 0 Å². The molecule has 0 aromatic carbocycles. The molecule has 1 saturated heterocycles. The Bertz CT molecular complexity index is 972. The van der Waals surface area contributed by atoms with Gasteiger partial charge in [-0.3, -0.25) is 0 Å². The highest BCUT2D eigenvalue weighted by Crippen LogP contribution is 2.35. The number of rotatable bonds is 3. The smallest absolute Gasteiger partial charge is 0.252 e. The van der Waals surface area contributed by atoms with Crippen LogP contribution in [0.3, 0.4) is 0 Å². The lowest BCUT2D eigenvalue weighted by Gasteiger charge is -2.30. The molecule has 0 bridgehead atoms. The Labute approximate surface area is 149 Å². The van der Waals surface area contributed by atoms with Crippen LogP contribution in [-0.2, 0) is 10.0 Å². The van der Waals surface area contributed by atoms with Gasteiger partial charge < -0.3 is 4.98 Å². The van der Waals surface area contributed by atoms with Crippen LogP contribution in [-0.4, -0.2) is 35.8 Å². The molecule has 5 nitrogen and oxygen atoms in total. The van der Waals surface area contributed by atoms with Gasteiger partial charge in [-0.05, 0) is 48.6 Å². The number of pyridine rings is 1. The monoisotopic (exact) mass is 381 g/mol. The molecule has 4 rings (SSSR count). The van der Waals surface area contributed by atoms with Gasteiger partial charge in [0.1, 0.15) is 9.86 Å². The lowest BCUT2D eigenvalue weighted by atomic mass is 9.90. The summed E-state index contributed by atoms with van der Waals surface area (Å²) < 4.78 is 27.7. The number of aromatic nitrogens is 2. The number of piperidine rings is 1. The minimum absolute atomic E-state index is 0.322. The van der Waals surface area contributed by atoms with Gasteiger partial charge in [-0.25, -0.2) is 13.4 Å². The van der Waals surface area contributed by atoms with Crippen LogP contribution in [0.1, 0.15) is 24.3 Å². The van der Waals surface area contributed by atoms with Crippen LogP contribution in [0.4, 0.5) is 0 Å². The molecule has 8 heteroatoms. The van der Waals surface area contributed by atoms with Gasteiger partial charge in [-0.1, -0.05) is 11.6 Å². The van der Waals surface area contributed by atoms with Crippen molar-refractivity contribution in [2.45, 2.75) is 23.0 Å². The van der Waals surface area contributed by atoms with E-state index < -0.39 is 10.0 Å². The van der Waals surface area contributed by atoms with E-state index in [0.717, 1.165) is 35.2 Å². The van der Waals surface area contributed by atoms with E-state index in [4.69, 9.17) is 11.6 Å². The predicted octanol–water partition coefficient (Wildman–Crippen LogP) is 3.85. The molecular formula is C16H16ClN3O2S2. The standard InChI is InChI=1S/C16H16ClN3O2S2/c17-14-3-4-15(23-14)24(21,22)20-8-5-11(6-9-20)13-10-19-16-12(13)2-1-7-18-16/h1-4,7,10-11H,5-6,8-9H2,(H,18,19). The number of thiophene rings is 1. The SMILES string of the molecule is O=S(=O)(c1ccc(Cl)s1)N1CCC(c2c[nH]c3ncccc23)CC1. The molecule has 1 aliphatic rings. The van der Waals surface area contributed by atoms with Crippen LogP contribution >= 0.6 is 22.9 Å². The molecule has 0 spiro atoms. The van der Waals surface area contributed by atoms with Crippen LogP contribution < -0.4 is 0 Å². The maximum atomic E-state index is 12.7. The second-order valence-corrected chi connectivity index (χ2v) is 9.76. The van der Waals surface area contributed by atoms with Crippen LogP contribution in [0.25, 0.3) is 11.0 Å². The first-order valence-electron chi connectivity index (χ1n) is 7.73. The summed E-state index contributed by atoms with van der Waals surface area (Å²) in [7, 11) is -3.43. The highest BCUT2D eigenvalue weighted by atomic mass is 35.5. The Morgan fingerprint density at radius 2 is 2.04 bits per heavy atom. The normalized spacial score (nSPS) is 17.5. The number of sulfonamides is 1. The molecule has 24 heavy (non-hydrogen) atoms. The summed E-state index contributed by atoms with van der Waals surface area (Å²) >= 11 is 6.99. The van der Waals surface area contributed by atoms with Gasteiger partial charge in [0.15, 0.2) is 0 Å². The van der Waals surface area contributed by atoms with E-state index in [9.17, 15) is 8.42 Å². The van der Waals surface area contributed by atoms with Gasteiger partial charge in [0, 0.05) is 30.9 Å². The summed E-state index contributed by atoms with van der Waals surface area (Å²) in [5.74, 6) is 0.348. The first-order chi connectivity index (χ1) is 11.6. The summed E-state index contributed by atoms with van der Waals surface area (Å²) in [6, 6.07) is 7.20. The number of aromatic amines is 1. The number of halogens is 1. The molecule has 3 aromatic rings. The Morgan fingerprint density at radius 3 is 2.75 bits per heavy atom. The van der Waals surface area contributed by atoms with E-state index in [0.29, 0.717) is 27.6 Å². The summed E-state index contributed by atoms with van der Waals surface area (Å²) in [5.41, 5.74) is 2.12. The molecule has 126 valence electrons. The maximum Gasteiger partial charge on any atom is 0.252 e. The molecule has 0 saturated carbocycles. The van der Waals surface area contributed by atoms with E-state index in [2.05, 4.69) is 16.0 Å². The third-order valence-electron chi connectivity index (χ3n) is 4.52. The van der Waals surface area contributed by atoms with Crippen molar-refractivity contribution in [2.75, 3.05) is 13.1 Å². The molecule has 0 radical (unpaired) electrons. The molecule has 0 unspecified atom stereocenters. The van der Waals surface area contributed by atoms with Crippen molar-refractivity contribution in [1.29, 1.82) is 0 Å². The quantitative estimate of drug-likeness (QED) is 0.749. The third-order valence-corrected chi connectivity index (χ3v) is 8.12. The van der Waals surface area contributed by atoms with Crippen molar-refractivity contribution in [1.82, 2.24) is 14.3 Å². The third kappa shape index (κ3) is 2.75. The van der Waals surface area contributed by atoms with Gasteiger partial charge in [0.05, 0.1) is 4.34 Å². The van der Waals surface area contributed by atoms with Crippen molar-refractivity contribution in [2.24, 2.45) is 0 Å². The number of nitrogens with one attached hydrogen (secondary N) is 1. The van der Waals surface area contributed by atoms with E-state index in [-0.39, 0.29) is 0 Å². The van der Waals surface area contributed by atoms with Crippen LogP contribution in [0, 0.1) is 0 Å². The highest BCUT2D eigenvalue weighted by Gasteiger charge is 2.31. The lowest BCUT2D eigenvalue weighted by Crippen LogP contribution is -2.37. The summed E-state index contributed by atoms with van der Waals surface area (Å²) in [5, 5.41) is 1.13. The first-order valence-corrected chi connectivity index (χ1v) is 10.4. The fraction of sp³-hybridized carbons (Fsp3) is 0.312. The van der Waals surface area contributed by atoms with Gasteiger partial charge in [-0.2, -0.15) is 4.31 Å². The minimum Gasteiger partial charge on any atom is -0.346 e. The minimum atomic E-state index is -3.43. The number of hydrogen-bond acceptors (Lipinski definition) is 4. The highest BCUT2D eigenvalue weighted by molar-refractivity contribution is 7.91. The van der Waals surface area contributed by atoms with Crippen molar-refractivity contribution in [3.05, 3.63) is 46.6 Å². The van der Waals surface area contributed by atoms with Gasteiger partial charge in [-0.15, -0.1) is 11.3 Å². The van der Waals surface area contributed by atoms with Crippen molar-refractivity contribution in [3.8, 4) is 0 Å². The second-order valence-electron chi connectivity index (χ2n) is 5.88. The first kappa shape index (κ1) is 16.1. The molecular weight excluding hydrogens is 366 g/mol. The van der Waals surface area contributed by atoms with Crippen LogP contribution in [0.15, 0.2) is 40.9 Å². The molecule has 0 atom stereocenters. The molecule has 4 heterocycles. The zero-order valence-corrected chi connectivity index (χ0v) is 15.2. The van der Waals surface area contributed by atoms with Crippen molar-refractivity contribution >= 4 is 44.0 Å². The van der Waals surface area contributed by atoms with Crippen LogP contribution in [0.5, 0.6) is 0 Å². The molecule has 0 amide bonds. The van der Waals surface area contributed by atoms with E-state index in [1.807, 2.05) is 12.3 Å². The second kappa shape index (κ2) is 6.15. The Kier molecular flexibility index (Phi) is 4.12. The Balaban J connectivity index is 1.53. The zero-order chi connectivity index (χ0) is 16.7.